The lowest BCUT2D eigenvalue weighted by atomic mass is 9.99. The van der Waals surface area contributed by atoms with Gasteiger partial charge >= 0.3 is 0 Å². The summed E-state index contributed by atoms with van der Waals surface area (Å²) in [6, 6.07) is 13.8. The highest BCUT2D eigenvalue weighted by atomic mass is 16.5. The molecule has 1 aliphatic carbocycles. The van der Waals surface area contributed by atoms with E-state index in [1.54, 1.807) is 4.90 Å². The van der Waals surface area contributed by atoms with Crippen LogP contribution in [-0.2, 0) is 11.2 Å². The zero-order chi connectivity index (χ0) is 19.5. The Morgan fingerprint density at radius 3 is 2.64 bits per heavy atom. The lowest BCUT2D eigenvalue weighted by molar-refractivity contribution is 0.0763. The minimum Gasteiger partial charge on any atom is -0.378 e. The molecule has 0 bridgehead atoms. The van der Waals surface area contributed by atoms with Crippen LogP contribution in [0.4, 0.5) is 0 Å². The summed E-state index contributed by atoms with van der Waals surface area (Å²) in [5.74, 6) is 0.295. The third-order valence-electron chi connectivity index (χ3n) is 5.88. The molecule has 1 atom stereocenters. The number of hydrogen-bond donors (Lipinski definition) is 0. The fourth-order valence-corrected chi connectivity index (χ4v) is 4.19. The molecule has 4 heteroatoms. The molecule has 0 N–H and O–H groups in total. The largest absolute Gasteiger partial charge is 0.378 e. The van der Waals surface area contributed by atoms with Gasteiger partial charge in [-0.2, -0.15) is 0 Å². The van der Waals surface area contributed by atoms with Crippen molar-refractivity contribution in [3.05, 3.63) is 59.2 Å². The van der Waals surface area contributed by atoms with Crippen LogP contribution >= 0.6 is 0 Å². The molecule has 0 radical (unpaired) electrons. The van der Waals surface area contributed by atoms with Gasteiger partial charge in [0.2, 0.25) is 0 Å². The Hall–Kier alpha value is -2.46. The van der Waals surface area contributed by atoms with Crippen molar-refractivity contribution in [3.8, 4) is 11.1 Å². The summed E-state index contributed by atoms with van der Waals surface area (Å²) in [6.45, 7) is 1.63. The molecule has 1 fully saturated rings. The number of benzene rings is 2. The van der Waals surface area contributed by atoms with E-state index < -0.39 is 0 Å². The Morgan fingerprint density at radius 1 is 1.11 bits per heavy atom. The second-order valence-electron chi connectivity index (χ2n) is 7.88. The van der Waals surface area contributed by atoms with Gasteiger partial charge in [-0.3, -0.25) is 9.59 Å². The second-order valence-corrected chi connectivity index (χ2v) is 7.88. The topological polar surface area (TPSA) is 46.6 Å². The maximum Gasteiger partial charge on any atom is 0.253 e. The van der Waals surface area contributed by atoms with E-state index in [-0.39, 0.29) is 11.7 Å². The zero-order valence-corrected chi connectivity index (χ0v) is 16.4. The van der Waals surface area contributed by atoms with Gasteiger partial charge in [0.1, 0.15) is 0 Å². The smallest absolute Gasteiger partial charge is 0.253 e. The van der Waals surface area contributed by atoms with Gasteiger partial charge in [0.05, 0.1) is 6.10 Å². The maximum atomic E-state index is 12.7. The van der Waals surface area contributed by atoms with Gasteiger partial charge in [0.25, 0.3) is 5.91 Å². The number of aryl methyl sites for hydroxylation is 1. The summed E-state index contributed by atoms with van der Waals surface area (Å²) in [5, 5.41) is 0. The zero-order valence-electron chi connectivity index (χ0n) is 16.4. The maximum absolute atomic E-state index is 12.7. The Morgan fingerprint density at radius 2 is 1.89 bits per heavy atom. The van der Waals surface area contributed by atoms with Gasteiger partial charge in [-0.15, -0.1) is 0 Å². The Balaban J connectivity index is 1.37. The molecular weight excluding hydrogens is 350 g/mol. The van der Waals surface area contributed by atoms with Crippen LogP contribution < -0.4 is 0 Å². The molecule has 1 aliphatic heterocycles. The van der Waals surface area contributed by atoms with E-state index in [0.717, 1.165) is 67.5 Å². The molecule has 28 heavy (non-hydrogen) atoms. The third-order valence-corrected chi connectivity index (χ3v) is 5.88. The molecule has 1 amide bonds. The quantitative estimate of drug-likeness (QED) is 0.744. The highest BCUT2D eigenvalue weighted by Gasteiger charge is 2.20. The van der Waals surface area contributed by atoms with Crippen LogP contribution in [0.25, 0.3) is 11.1 Å². The summed E-state index contributed by atoms with van der Waals surface area (Å²) >= 11 is 0. The SMILES string of the molecule is CN(CCC[C@H]1CCCO1)C(=O)c1ccc(-c2ccc3c(c2)CCC3=O)cc1. The molecule has 4 rings (SSSR count). The normalized spacial score (nSPS) is 18.3. The molecular formula is C24H27NO3. The number of ether oxygens (including phenoxy) is 1. The van der Waals surface area contributed by atoms with Crippen molar-refractivity contribution in [1.29, 1.82) is 0 Å². The van der Waals surface area contributed by atoms with Gasteiger partial charge < -0.3 is 9.64 Å². The Bertz CT molecular complexity index is 866. The molecule has 0 aromatic heterocycles. The number of nitrogens with zero attached hydrogens (tertiary/aromatic N) is 1. The van der Waals surface area contributed by atoms with E-state index in [1.165, 1.54) is 0 Å². The summed E-state index contributed by atoms with van der Waals surface area (Å²) in [5.41, 5.74) is 4.87. The van der Waals surface area contributed by atoms with Crippen molar-refractivity contribution in [1.82, 2.24) is 4.90 Å². The summed E-state index contributed by atoms with van der Waals surface area (Å²) < 4.78 is 5.65. The van der Waals surface area contributed by atoms with Crippen LogP contribution in [0.15, 0.2) is 42.5 Å². The highest BCUT2D eigenvalue weighted by molar-refractivity contribution is 6.01. The van der Waals surface area contributed by atoms with Crippen LogP contribution in [0.2, 0.25) is 0 Å². The average Bonchev–Trinajstić information content (AvgIpc) is 3.37. The summed E-state index contributed by atoms with van der Waals surface area (Å²) in [7, 11) is 1.86. The molecule has 2 aromatic rings. The van der Waals surface area contributed by atoms with Crippen molar-refractivity contribution in [3.63, 3.8) is 0 Å². The third kappa shape index (κ3) is 4.02. The van der Waals surface area contributed by atoms with Gasteiger partial charge in [-0.25, -0.2) is 0 Å². The number of carbonyl (C=O) groups excluding carboxylic acids is 2. The first-order chi connectivity index (χ1) is 13.6. The van der Waals surface area contributed by atoms with E-state index in [9.17, 15) is 9.59 Å². The Kier molecular flexibility index (Phi) is 5.58. The fourth-order valence-electron chi connectivity index (χ4n) is 4.19. The van der Waals surface area contributed by atoms with Crippen molar-refractivity contribution in [2.45, 2.75) is 44.6 Å². The molecule has 1 heterocycles. The van der Waals surface area contributed by atoms with E-state index in [1.807, 2.05) is 43.4 Å². The summed E-state index contributed by atoms with van der Waals surface area (Å²) in [4.78, 5) is 26.3. The lowest BCUT2D eigenvalue weighted by Crippen LogP contribution is -2.28. The molecule has 0 spiro atoms. The molecule has 146 valence electrons. The highest BCUT2D eigenvalue weighted by Crippen LogP contribution is 2.28. The van der Waals surface area contributed by atoms with Crippen molar-refractivity contribution >= 4 is 11.7 Å². The number of fused-ring (bicyclic) bond motifs is 1. The van der Waals surface area contributed by atoms with Crippen LogP contribution in [-0.4, -0.2) is 42.9 Å². The predicted molar refractivity (Wildman–Crippen MR) is 110 cm³/mol. The first-order valence-electron chi connectivity index (χ1n) is 10.3. The fraction of sp³-hybridized carbons (Fsp3) is 0.417. The van der Waals surface area contributed by atoms with Gasteiger partial charge in [-0.05, 0) is 60.9 Å². The van der Waals surface area contributed by atoms with Crippen LogP contribution in [0, 0.1) is 0 Å². The minimum absolute atomic E-state index is 0.0541. The molecule has 0 unspecified atom stereocenters. The van der Waals surface area contributed by atoms with Gasteiger partial charge in [-0.1, -0.05) is 30.3 Å². The lowest BCUT2D eigenvalue weighted by Gasteiger charge is -2.18. The molecule has 2 aromatic carbocycles. The van der Waals surface area contributed by atoms with Crippen molar-refractivity contribution in [2.75, 3.05) is 20.2 Å². The molecule has 0 saturated carbocycles. The van der Waals surface area contributed by atoms with Crippen LogP contribution in [0.5, 0.6) is 0 Å². The van der Waals surface area contributed by atoms with E-state index >= 15 is 0 Å². The first-order valence-corrected chi connectivity index (χ1v) is 10.3. The van der Waals surface area contributed by atoms with Crippen LogP contribution in [0.1, 0.15) is 58.4 Å². The number of carbonyl (C=O) groups is 2. The molecule has 4 nitrogen and oxygen atoms in total. The van der Waals surface area contributed by atoms with Crippen molar-refractivity contribution in [2.24, 2.45) is 0 Å². The number of ketones is 1. The van der Waals surface area contributed by atoms with E-state index in [4.69, 9.17) is 4.74 Å². The van der Waals surface area contributed by atoms with Crippen molar-refractivity contribution < 1.29 is 14.3 Å². The predicted octanol–water partition coefficient (Wildman–Crippen LogP) is 4.51. The standard InChI is InChI=1S/C24H27NO3/c1-25(14-2-4-21-5-3-15-28-21)24(27)18-8-6-17(7-9-18)19-10-12-22-20(16-19)11-13-23(22)26/h6-10,12,16,21H,2-5,11,13-15H2,1H3/t21-/m0/s1. The number of Topliss-reactive ketones (excluding diaryl/α,β-unsaturated/α-hetero) is 1. The van der Waals surface area contributed by atoms with Gasteiger partial charge in [0, 0.05) is 37.7 Å². The van der Waals surface area contributed by atoms with Gasteiger partial charge in [0.15, 0.2) is 5.78 Å². The molecule has 1 saturated heterocycles. The Labute approximate surface area is 166 Å². The number of hydrogen-bond acceptors (Lipinski definition) is 3. The van der Waals surface area contributed by atoms with E-state index in [0.29, 0.717) is 18.1 Å². The van der Waals surface area contributed by atoms with Crippen LogP contribution in [0.3, 0.4) is 0 Å². The molecule has 2 aliphatic rings. The minimum atomic E-state index is 0.0541. The van der Waals surface area contributed by atoms with E-state index in [2.05, 4.69) is 6.07 Å². The first kappa shape index (κ1) is 18.9. The number of amides is 1. The number of rotatable bonds is 6. The summed E-state index contributed by atoms with van der Waals surface area (Å²) in [6.07, 6.45) is 6.13. The monoisotopic (exact) mass is 377 g/mol. The average molecular weight is 377 g/mol. The second kappa shape index (κ2) is 8.27.